The van der Waals surface area contributed by atoms with E-state index in [1.54, 1.807) is 30.0 Å². The molecule has 110 valence electrons. The second kappa shape index (κ2) is 5.68. The molecule has 1 aromatic carbocycles. The fourth-order valence-corrected chi connectivity index (χ4v) is 4.48. The Hall–Kier alpha value is -1.16. The lowest BCUT2D eigenvalue weighted by atomic mass is 9.97. The molecule has 0 spiro atoms. The zero-order valence-corrected chi connectivity index (χ0v) is 13.3. The molecule has 1 aromatic rings. The highest BCUT2D eigenvalue weighted by Gasteiger charge is 2.41. The Bertz CT molecular complexity index is 498. The molecule has 1 aliphatic rings. The summed E-state index contributed by atoms with van der Waals surface area (Å²) in [6, 6.07) is 5.13. The summed E-state index contributed by atoms with van der Waals surface area (Å²) in [4.78, 5) is 11.8. The topological polar surface area (TPSA) is 46.5 Å². The standard InChI is InChI=1S/C16H22O3S/c1-10(2)8-16(9-11(3)4)19-13-6-5-12(15(17)18)7-14(13)20-16/h5-7,10-11H,8-9H2,1-4H3,(H,17,18). The molecule has 1 N–H and O–H groups in total. The van der Waals surface area contributed by atoms with Gasteiger partial charge in [0.25, 0.3) is 0 Å². The molecule has 1 heterocycles. The number of thioether (sulfide) groups is 1. The molecule has 3 nitrogen and oxygen atoms in total. The van der Waals surface area contributed by atoms with Gasteiger partial charge in [0.2, 0.25) is 0 Å². The number of carboxylic acids is 1. The lowest BCUT2D eigenvalue weighted by Gasteiger charge is -2.31. The summed E-state index contributed by atoms with van der Waals surface area (Å²) < 4.78 is 6.22. The molecule has 0 aromatic heterocycles. The van der Waals surface area contributed by atoms with Crippen LogP contribution in [0, 0.1) is 11.8 Å². The van der Waals surface area contributed by atoms with Crippen LogP contribution in [0.3, 0.4) is 0 Å². The van der Waals surface area contributed by atoms with Crippen LogP contribution in [0.15, 0.2) is 23.1 Å². The number of ether oxygens (including phenoxy) is 1. The monoisotopic (exact) mass is 294 g/mol. The van der Waals surface area contributed by atoms with Crippen LogP contribution in [0.25, 0.3) is 0 Å². The van der Waals surface area contributed by atoms with Crippen LogP contribution in [-0.2, 0) is 0 Å². The zero-order chi connectivity index (χ0) is 14.9. The molecule has 2 rings (SSSR count). The van der Waals surface area contributed by atoms with Crippen molar-refractivity contribution >= 4 is 17.7 Å². The summed E-state index contributed by atoms with van der Waals surface area (Å²) in [6.07, 6.45) is 1.93. The summed E-state index contributed by atoms with van der Waals surface area (Å²) in [5.74, 6) is 1.00. The lowest BCUT2D eigenvalue weighted by molar-refractivity contribution is 0.0696. The van der Waals surface area contributed by atoms with Crippen molar-refractivity contribution in [2.24, 2.45) is 11.8 Å². The molecule has 1 aliphatic heterocycles. The van der Waals surface area contributed by atoms with Crippen molar-refractivity contribution < 1.29 is 14.6 Å². The first kappa shape index (κ1) is 15.2. The Labute approximate surface area is 124 Å². The van der Waals surface area contributed by atoms with Gasteiger partial charge in [-0.25, -0.2) is 4.79 Å². The number of hydrogen-bond donors (Lipinski definition) is 1. The lowest BCUT2D eigenvalue weighted by Crippen LogP contribution is -2.32. The molecule has 0 radical (unpaired) electrons. The third-order valence-electron chi connectivity index (χ3n) is 3.22. The average molecular weight is 294 g/mol. The number of fused-ring (bicyclic) bond motifs is 1. The van der Waals surface area contributed by atoms with Crippen LogP contribution >= 0.6 is 11.8 Å². The highest BCUT2D eigenvalue weighted by Crippen LogP contribution is 2.53. The number of benzene rings is 1. The third kappa shape index (κ3) is 3.29. The van der Waals surface area contributed by atoms with Gasteiger partial charge < -0.3 is 9.84 Å². The SMILES string of the molecule is CC(C)CC1(CC(C)C)Oc2ccc(C(=O)O)cc2S1. The minimum Gasteiger partial charge on any atom is -0.478 e. The molecule has 0 aliphatic carbocycles. The molecule has 0 amide bonds. The van der Waals surface area contributed by atoms with E-state index in [0.717, 1.165) is 23.5 Å². The molecular formula is C16H22O3S. The van der Waals surface area contributed by atoms with E-state index in [0.29, 0.717) is 17.4 Å². The van der Waals surface area contributed by atoms with Crippen LogP contribution in [0.4, 0.5) is 0 Å². The van der Waals surface area contributed by atoms with Crippen LogP contribution in [0.2, 0.25) is 0 Å². The molecule has 20 heavy (non-hydrogen) atoms. The summed E-state index contributed by atoms with van der Waals surface area (Å²) in [5, 5.41) is 9.09. The second-order valence-electron chi connectivity index (χ2n) is 6.28. The van der Waals surface area contributed by atoms with E-state index in [2.05, 4.69) is 27.7 Å². The molecular weight excluding hydrogens is 272 g/mol. The maximum Gasteiger partial charge on any atom is 0.335 e. The average Bonchev–Trinajstić information content (AvgIpc) is 2.62. The molecule has 4 heteroatoms. The first-order valence-electron chi connectivity index (χ1n) is 7.07. The fraction of sp³-hybridized carbons (Fsp3) is 0.562. The van der Waals surface area contributed by atoms with Crippen molar-refractivity contribution in [1.82, 2.24) is 0 Å². The molecule has 0 unspecified atom stereocenters. The quantitative estimate of drug-likeness (QED) is 0.858. The molecule has 0 saturated heterocycles. The predicted octanol–water partition coefficient (Wildman–Crippen LogP) is 4.66. The number of rotatable bonds is 5. The molecule has 0 saturated carbocycles. The number of carboxylic acid groups (broad SMARTS) is 1. The van der Waals surface area contributed by atoms with Gasteiger partial charge >= 0.3 is 5.97 Å². The van der Waals surface area contributed by atoms with E-state index in [1.165, 1.54) is 0 Å². The largest absolute Gasteiger partial charge is 0.478 e. The van der Waals surface area contributed by atoms with E-state index in [4.69, 9.17) is 9.84 Å². The van der Waals surface area contributed by atoms with Gasteiger partial charge in [0.05, 0.1) is 10.5 Å². The van der Waals surface area contributed by atoms with Crippen LogP contribution < -0.4 is 4.74 Å². The van der Waals surface area contributed by atoms with E-state index >= 15 is 0 Å². The van der Waals surface area contributed by atoms with Gasteiger partial charge in [0.15, 0.2) is 4.93 Å². The van der Waals surface area contributed by atoms with Crippen molar-refractivity contribution in [1.29, 1.82) is 0 Å². The van der Waals surface area contributed by atoms with Crippen molar-refractivity contribution in [3.05, 3.63) is 23.8 Å². The zero-order valence-electron chi connectivity index (χ0n) is 12.5. The van der Waals surface area contributed by atoms with Crippen molar-refractivity contribution in [2.45, 2.75) is 50.4 Å². The number of aromatic carboxylic acids is 1. The summed E-state index contributed by atoms with van der Waals surface area (Å²) >= 11 is 1.69. The third-order valence-corrected chi connectivity index (χ3v) is 4.55. The van der Waals surface area contributed by atoms with Crippen molar-refractivity contribution in [3.8, 4) is 5.75 Å². The molecule has 0 fully saturated rings. The van der Waals surface area contributed by atoms with Gasteiger partial charge in [-0.05, 0) is 42.9 Å². The van der Waals surface area contributed by atoms with Crippen LogP contribution in [0.5, 0.6) is 5.75 Å². The van der Waals surface area contributed by atoms with E-state index in [9.17, 15) is 4.79 Å². The smallest absolute Gasteiger partial charge is 0.335 e. The summed E-state index contributed by atoms with van der Waals surface area (Å²) in [7, 11) is 0. The van der Waals surface area contributed by atoms with Gasteiger partial charge in [-0.3, -0.25) is 0 Å². The maximum atomic E-state index is 11.1. The highest BCUT2D eigenvalue weighted by molar-refractivity contribution is 8.00. The van der Waals surface area contributed by atoms with E-state index < -0.39 is 5.97 Å². The fourth-order valence-electron chi connectivity index (χ4n) is 2.72. The predicted molar refractivity (Wildman–Crippen MR) is 81.5 cm³/mol. The maximum absolute atomic E-state index is 11.1. The first-order valence-corrected chi connectivity index (χ1v) is 7.88. The summed E-state index contributed by atoms with van der Waals surface area (Å²) in [5.41, 5.74) is 0.324. The molecule has 0 atom stereocenters. The number of hydrogen-bond acceptors (Lipinski definition) is 3. The van der Waals surface area contributed by atoms with Crippen molar-refractivity contribution in [3.63, 3.8) is 0 Å². The van der Waals surface area contributed by atoms with Crippen molar-refractivity contribution in [2.75, 3.05) is 0 Å². The van der Waals surface area contributed by atoms with Gasteiger partial charge in [0.1, 0.15) is 5.75 Å². The second-order valence-corrected chi connectivity index (χ2v) is 7.67. The Balaban J connectivity index is 2.29. The van der Waals surface area contributed by atoms with Gasteiger partial charge in [-0.15, -0.1) is 0 Å². The highest BCUT2D eigenvalue weighted by atomic mass is 32.2. The van der Waals surface area contributed by atoms with Gasteiger partial charge in [0, 0.05) is 0 Å². The van der Waals surface area contributed by atoms with E-state index in [1.807, 2.05) is 0 Å². The summed E-state index contributed by atoms with van der Waals surface area (Å²) in [6.45, 7) is 8.77. The van der Waals surface area contributed by atoms with Crippen LogP contribution in [0.1, 0.15) is 50.9 Å². The Morgan fingerprint density at radius 1 is 1.25 bits per heavy atom. The Morgan fingerprint density at radius 3 is 2.35 bits per heavy atom. The first-order chi connectivity index (χ1) is 9.31. The van der Waals surface area contributed by atoms with Gasteiger partial charge in [-0.1, -0.05) is 39.5 Å². The minimum atomic E-state index is -0.890. The van der Waals surface area contributed by atoms with Crippen LogP contribution in [-0.4, -0.2) is 16.0 Å². The van der Waals surface area contributed by atoms with Gasteiger partial charge in [-0.2, -0.15) is 0 Å². The molecule has 0 bridgehead atoms. The Morgan fingerprint density at radius 2 is 1.85 bits per heavy atom. The minimum absolute atomic E-state index is 0.248. The van der Waals surface area contributed by atoms with E-state index in [-0.39, 0.29) is 4.93 Å². The normalized spacial score (nSPS) is 16.3. The number of carbonyl (C=O) groups is 1. The Kier molecular flexibility index (Phi) is 4.33.